The van der Waals surface area contributed by atoms with E-state index in [-0.39, 0.29) is 5.91 Å². The van der Waals surface area contributed by atoms with Crippen molar-refractivity contribution in [2.24, 2.45) is 11.1 Å². The van der Waals surface area contributed by atoms with Gasteiger partial charge in [0.05, 0.1) is 5.41 Å². The number of allylic oxidation sites excluding steroid dienone is 2. The van der Waals surface area contributed by atoms with Crippen molar-refractivity contribution in [2.75, 3.05) is 13.1 Å². The van der Waals surface area contributed by atoms with E-state index in [9.17, 15) is 4.79 Å². The molecule has 0 saturated carbocycles. The average Bonchev–Trinajstić information content (AvgIpc) is 2.47. The molecule has 0 radical (unpaired) electrons. The second-order valence-corrected chi connectivity index (χ2v) is 5.82. The summed E-state index contributed by atoms with van der Waals surface area (Å²) in [5, 5.41) is 13.5. The Bertz CT molecular complexity index is 479. The van der Waals surface area contributed by atoms with E-state index < -0.39 is 5.41 Å². The zero-order valence-corrected chi connectivity index (χ0v) is 13.0. The lowest BCUT2D eigenvalue weighted by atomic mass is 9.76. The molecule has 0 aromatic carbocycles. The third-order valence-electron chi connectivity index (χ3n) is 3.70. The van der Waals surface area contributed by atoms with Crippen LogP contribution in [0.2, 0.25) is 0 Å². The van der Waals surface area contributed by atoms with Gasteiger partial charge in [-0.15, -0.1) is 0 Å². The fraction of sp³-hybridized carbons (Fsp3) is 0.500. The molecular weight excluding hydrogens is 264 g/mol. The minimum absolute atomic E-state index is 0.0685. The lowest BCUT2D eigenvalue weighted by Gasteiger charge is -2.32. The normalized spacial score (nSPS) is 23.5. The molecule has 0 spiro atoms. The second-order valence-electron chi connectivity index (χ2n) is 5.82. The standard InChI is InChI=1S/C16H26N4O/c1-12(9-17)11-20-13(2)7-14(10-18)8-16(3)5-4-6-19-15(16)21/h7,10-11,18,20H,2,4-6,8-9,17H2,1,3H3,(H,19,21)/b12-11+,14-7-,18-10?. The Morgan fingerprint density at radius 2 is 2.33 bits per heavy atom. The van der Waals surface area contributed by atoms with Crippen molar-refractivity contribution in [1.29, 1.82) is 5.41 Å². The predicted octanol–water partition coefficient (Wildman–Crippen LogP) is 1.83. The number of hydrogen-bond donors (Lipinski definition) is 4. The van der Waals surface area contributed by atoms with Crippen LogP contribution >= 0.6 is 0 Å². The van der Waals surface area contributed by atoms with Gasteiger partial charge >= 0.3 is 0 Å². The van der Waals surface area contributed by atoms with Crippen LogP contribution in [-0.4, -0.2) is 25.2 Å². The molecular formula is C16H26N4O. The minimum atomic E-state index is -0.440. The van der Waals surface area contributed by atoms with Gasteiger partial charge in [0, 0.05) is 31.2 Å². The maximum Gasteiger partial charge on any atom is 0.226 e. The van der Waals surface area contributed by atoms with Gasteiger partial charge in [0.25, 0.3) is 0 Å². The van der Waals surface area contributed by atoms with Crippen molar-refractivity contribution in [1.82, 2.24) is 10.6 Å². The summed E-state index contributed by atoms with van der Waals surface area (Å²) < 4.78 is 0. The molecule has 1 heterocycles. The molecule has 5 heteroatoms. The molecule has 5 nitrogen and oxygen atoms in total. The van der Waals surface area contributed by atoms with Crippen molar-refractivity contribution in [2.45, 2.75) is 33.1 Å². The van der Waals surface area contributed by atoms with Crippen molar-refractivity contribution < 1.29 is 4.79 Å². The van der Waals surface area contributed by atoms with Crippen LogP contribution < -0.4 is 16.4 Å². The Balaban J connectivity index is 2.73. The summed E-state index contributed by atoms with van der Waals surface area (Å²) >= 11 is 0. The van der Waals surface area contributed by atoms with Crippen LogP contribution in [0, 0.1) is 10.8 Å². The van der Waals surface area contributed by atoms with Crippen LogP contribution in [0.5, 0.6) is 0 Å². The van der Waals surface area contributed by atoms with Gasteiger partial charge < -0.3 is 21.8 Å². The highest BCUT2D eigenvalue weighted by Gasteiger charge is 2.35. The molecule has 21 heavy (non-hydrogen) atoms. The minimum Gasteiger partial charge on any atom is -0.362 e. The summed E-state index contributed by atoms with van der Waals surface area (Å²) in [6, 6.07) is 0. The Morgan fingerprint density at radius 3 is 2.90 bits per heavy atom. The molecule has 1 rings (SSSR count). The summed E-state index contributed by atoms with van der Waals surface area (Å²) in [4.78, 5) is 12.0. The highest BCUT2D eigenvalue weighted by Crippen LogP contribution is 2.33. The average molecular weight is 290 g/mol. The first-order valence-electron chi connectivity index (χ1n) is 7.22. The third-order valence-corrected chi connectivity index (χ3v) is 3.70. The molecule has 5 N–H and O–H groups in total. The smallest absolute Gasteiger partial charge is 0.226 e. The van der Waals surface area contributed by atoms with E-state index in [4.69, 9.17) is 11.1 Å². The van der Waals surface area contributed by atoms with E-state index in [1.807, 2.05) is 13.8 Å². The molecule has 1 aliphatic rings. The SMILES string of the molecule is C=C(/C=C(\C=N)CC1(C)CCCNC1=O)N/C=C(\C)CN. The molecule has 0 aromatic heterocycles. The lowest BCUT2D eigenvalue weighted by molar-refractivity contribution is -0.132. The molecule has 1 amide bonds. The van der Waals surface area contributed by atoms with Crippen LogP contribution in [0.3, 0.4) is 0 Å². The van der Waals surface area contributed by atoms with Crippen LogP contribution in [0.4, 0.5) is 0 Å². The lowest BCUT2D eigenvalue weighted by Crippen LogP contribution is -2.44. The number of piperidine rings is 1. The Morgan fingerprint density at radius 1 is 1.62 bits per heavy atom. The highest BCUT2D eigenvalue weighted by molar-refractivity contribution is 5.85. The van der Waals surface area contributed by atoms with Crippen LogP contribution in [0.1, 0.15) is 33.1 Å². The fourth-order valence-corrected chi connectivity index (χ4v) is 2.31. The van der Waals surface area contributed by atoms with Crippen molar-refractivity contribution in [3.8, 4) is 0 Å². The molecule has 1 unspecified atom stereocenters. The molecule has 1 saturated heterocycles. The van der Waals surface area contributed by atoms with Gasteiger partial charge in [0.1, 0.15) is 0 Å². The zero-order valence-electron chi connectivity index (χ0n) is 13.0. The number of carbonyl (C=O) groups is 1. The first-order valence-corrected chi connectivity index (χ1v) is 7.22. The second kappa shape index (κ2) is 7.78. The molecule has 0 aliphatic carbocycles. The van der Waals surface area contributed by atoms with E-state index in [0.717, 1.165) is 30.5 Å². The molecule has 0 bridgehead atoms. The maximum absolute atomic E-state index is 12.0. The van der Waals surface area contributed by atoms with Gasteiger partial charge in [0.2, 0.25) is 5.91 Å². The number of carbonyl (C=O) groups excluding carboxylic acids is 1. The van der Waals surface area contributed by atoms with Gasteiger partial charge in [-0.2, -0.15) is 0 Å². The molecule has 0 aromatic rings. The van der Waals surface area contributed by atoms with Crippen molar-refractivity contribution >= 4 is 12.1 Å². The van der Waals surface area contributed by atoms with E-state index in [1.165, 1.54) is 6.21 Å². The third kappa shape index (κ3) is 5.19. The van der Waals surface area contributed by atoms with Crippen LogP contribution in [-0.2, 0) is 4.79 Å². The summed E-state index contributed by atoms with van der Waals surface area (Å²) in [5.74, 6) is 0.0685. The number of nitrogens with one attached hydrogen (secondary N) is 3. The number of amides is 1. The van der Waals surface area contributed by atoms with E-state index in [2.05, 4.69) is 17.2 Å². The topological polar surface area (TPSA) is 91.0 Å². The zero-order chi connectivity index (χ0) is 15.9. The number of nitrogens with two attached hydrogens (primary N) is 1. The van der Waals surface area contributed by atoms with E-state index in [0.29, 0.717) is 18.7 Å². The predicted molar refractivity (Wildman–Crippen MR) is 86.9 cm³/mol. The Hall–Kier alpha value is -1.88. The summed E-state index contributed by atoms with van der Waals surface area (Å²) in [6.07, 6.45) is 7.26. The molecule has 1 aliphatic heterocycles. The number of rotatable bonds is 7. The highest BCUT2D eigenvalue weighted by atomic mass is 16.2. The first-order chi connectivity index (χ1) is 9.91. The van der Waals surface area contributed by atoms with E-state index >= 15 is 0 Å². The monoisotopic (exact) mass is 290 g/mol. The molecule has 1 atom stereocenters. The van der Waals surface area contributed by atoms with Crippen molar-refractivity contribution in [3.05, 3.63) is 35.7 Å². The van der Waals surface area contributed by atoms with Gasteiger partial charge in [-0.3, -0.25) is 4.79 Å². The van der Waals surface area contributed by atoms with Gasteiger partial charge in [-0.25, -0.2) is 0 Å². The Labute approximate surface area is 126 Å². The van der Waals surface area contributed by atoms with Gasteiger partial charge in [0.15, 0.2) is 0 Å². The van der Waals surface area contributed by atoms with Gasteiger partial charge in [-0.1, -0.05) is 13.5 Å². The first kappa shape index (κ1) is 17.2. The van der Waals surface area contributed by atoms with Crippen LogP contribution in [0.15, 0.2) is 35.7 Å². The Kier molecular flexibility index (Phi) is 6.37. The molecule has 116 valence electrons. The summed E-state index contributed by atoms with van der Waals surface area (Å²) in [5.41, 5.74) is 7.55. The summed E-state index contributed by atoms with van der Waals surface area (Å²) in [7, 11) is 0. The molecule has 1 fully saturated rings. The van der Waals surface area contributed by atoms with Crippen LogP contribution in [0.25, 0.3) is 0 Å². The van der Waals surface area contributed by atoms with Gasteiger partial charge in [-0.05, 0) is 43.4 Å². The number of hydrogen-bond acceptors (Lipinski definition) is 4. The quantitative estimate of drug-likeness (QED) is 0.426. The maximum atomic E-state index is 12.0. The largest absolute Gasteiger partial charge is 0.362 e. The summed E-state index contributed by atoms with van der Waals surface area (Å²) in [6.45, 7) is 9.02. The van der Waals surface area contributed by atoms with E-state index in [1.54, 1.807) is 12.3 Å². The van der Waals surface area contributed by atoms with Crippen molar-refractivity contribution in [3.63, 3.8) is 0 Å². The fourth-order valence-electron chi connectivity index (χ4n) is 2.31.